The number of aromatic nitrogens is 5. The number of tetrazole rings is 1. The van der Waals surface area contributed by atoms with Gasteiger partial charge in [0.15, 0.2) is 11.7 Å². The van der Waals surface area contributed by atoms with Crippen molar-refractivity contribution in [2.24, 2.45) is 0 Å². The molecule has 0 unspecified atom stereocenters. The Kier molecular flexibility index (Phi) is 5.75. The number of nitrogens with one attached hydrogen (secondary N) is 1. The summed E-state index contributed by atoms with van der Waals surface area (Å²) in [7, 11) is 0. The van der Waals surface area contributed by atoms with Gasteiger partial charge in [0.25, 0.3) is 0 Å². The van der Waals surface area contributed by atoms with Gasteiger partial charge in [-0.2, -0.15) is 5.21 Å². The normalized spacial score (nSPS) is 15.8. The molecule has 3 heterocycles. The Balaban J connectivity index is 1.38. The van der Waals surface area contributed by atoms with Crippen molar-refractivity contribution in [1.29, 1.82) is 0 Å². The van der Waals surface area contributed by atoms with Crippen molar-refractivity contribution >= 4 is 6.09 Å². The molecule has 0 atom stereocenters. The zero-order valence-electron chi connectivity index (χ0n) is 20.1. The number of aromatic amines is 1. The number of benzene rings is 1. The molecule has 2 aliphatic rings. The molecule has 10 heteroatoms. The molecule has 1 aromatic carbocycles. The molecule has 0 saturated heterocycles. The van der Waals surface area contributed by atoms with E-state index in [0.29, 0.717) is 43.6 Å². The van der Waals surface area contributed by atoms with Gasteiger partial charge in [-0.3, -0.25) is 0 Å². The number of hydrogen-bond acceptors (Lipinski definition) is 8. The van der Waals surface area contributed by atoms with E-state index in [-0.39, 0.29) is 6.09 Å². The molecule has 2 aromatic heterocycles. The summed E-state index contributed by atoms with van der Waals surface area (Å²) in [6.07, 6.45) is 3.19. The van der Waals surface area contributed by atoms with Crippen LogP contribution in [0.5, 0.6) is 5.75 Å². The standard InChI is InChI=1S/C24H30N6O4/c1-14-19(25-22(33-14)15-5-6-15)13-32-20-10-18-12-30(23(31)34-24(2,3)4)8-7-16(18)9-17(20)11-21-26-28-29-27-21/h9-10,15H,5-8,11-13H2,1-4H3,(H,26,27,28,29). The highest BCUT2D eigenvalue weighted by atomic mass is 16.6. The fourth-order valence-electron chi connectivity index (χ4n) is 4.06. The van der Waals surface area contributed by atoms with E-state index in [1.54, 1.807) is 4.90 Å². The number of fused-ring (bicyclic) bond motifs is 1. The van der Waals surface area contributed by atoms with Crippen LogP contribution in [-0.4, -0.2) is 48.7 Å². The number of carbonyl (C=O) groups excluding carboxylic acids is 1. The van der Waals surface area contributed by atoms with Gasteiger partial charge in [-0.25, -0.2) is 9.78 Å². The molecule has 1 amide bonds. The van der Waals surface area contributed by atoms with Crippen LogP contribution in [-0.2, 0) is 30.7 Å². The summed E-state index contributed by atoms with van der Waals surface area (Å²) in [4.78, 5) is 19.0. The lowest BCUT2D eigenvalue weighted by Crippen LogP contribution is -2.39. The van der Waals surface area contributed by atoms with Crippen molar-refractivity contribution in [2.45, 2.75) is 78.0 Å². The lowest BCUT2D eigenvalue weighted by Gasteiger charge is -2.31. The molecular weight excluding hydrogens is 436 g/mol. The number of oxazole rings is 1. The third kappa shape index (κ3) is 5.05. The minimum absolute atomic E-state index is 0.301. The van der Waals surface area contributed by atoms with Crippen LogP contribution in [0.25, 0.3) is 0 Å². The minimum Gasteiger partial charge on any atom is -0.487 e. The summed E-state index contributed by atoms with van der Waals surface area (Å²) in [5.41, 5.74) is 3.46. The first-order valence-corrected chi connectivity index (χ1v) is 11.7. The first kappa shape index (κ1) is 22.4. The molecule has 1 aliphatic carbocycles. The van der Waals surface area contributed by atoms with E-state index >= 15 is 0 Å². The summed E-state index contributed by atoms with van der Waals surface area (Å²) in [5.74, 6) is 3.34. The first-order valence-electron chi connectivity index (χ1n) is 11.7. The van der Waals surface area contributed by atoms with Crippen LogP contribution in [0.2, 0.25) is 0 Å². The third-order valence-electron chi connectivity index (χ3n) is 5.98. The van der Waals surface area contributed by atoms with Gasteiger partial charge in [0.1, 0.15) is 29.4 Å². The highest BCUT2D eigenvalue weighted by Crippen LogP contribution is 2.40. The maximum Gasteiger partial charge on any atom is 0.410 e. The number of carbonyl (C=O) groups is 1. The predicted molar refractivity (Wildman–Crippen MR) is 121 cm³/mol. The molecule has 180 valence electrons. The number of ether oxygens (including phenoxy) is 2. The number of amides is 1. The minimum atomic E-state index is -0.533. The van der Waals surface area contributed by atoms with Crippen LogP contribution >= 0.6 is 0 Å². The zero-order valence-corrected chi connectivity index (χ0v) is 20.1. The monoisotopic (exact) mass is 466 g/mol. The highest BCUT2D eigenvalue weighted by Gasteiger charge is 2.30. The lowest BCUT2D eigenvalue weighted by atomic mass is 9.95. The number of H-pyrrole nitrogens is 1. The van der Waals surface area contributed by atoms with Gasteiger partial charge in [-0.05, 0) is 64.2 Å². The fraction of sp³-hybridized carbons (Fsp3) is 0.542. The van der Waals surface area contributed by atoms with E-state index in [4.69, 9.17) is 13.9 Å². The van der Waals surface area contributed by atoms with Crippen molar-refractivity contribution in [1.82, 2.24) is 30.5 Å². The Morgan fingerprint density at radius 3 is 2.79 bits per heavy atom. The maximum atomic E-state index is 12.6. The second kappa shape index (κ2) is 8.73. The third-order valence-corrected chi connectivity index (χ3v) is 5.98. The van der Waals surface area contributed by atoms with E-state index in [2.05, 4.69) is 31.7 Å². The molecular formula is C24H30N6O4. The quantitative estimate of drug-likeness (QED) is 0.582. The fourth-order valence-corrected chi connectivity index (χ4v) is 4.06. The summed E-state index contributed by atoms with van der Waals surface area (Å²) >= 11 is 0. The molecule has 1 saturated carbocycles. The SMILES string of the molecule is Cc1oc(C2CC2)nc1COc1cc2c(cc1Cc1nn[nH]n1)CCN(C(=O)OC(C)(C)C)C2. The van der Waals surface area contributed by atoms with Gasteiger partial charge in [-0.1, -0.05) is 11.3 Å². The van der Waals surface area contributed by atoms with Gasteiger partial charge in [0.2, 0.25) is 0 Å². The number of nitrogens with zero attached hydrogens (tertiary/aromatic N) is 5. The number of rotatable bonds is 6. The summed E-state index contributed by atoms with van der Waals surface area (Å²) in [6, 6.07) is 4.14. The Labute approximate surface area is 198 Å². The van der Waals surface area contributed by atoms with Crippen LogP contribution in [0.3, 0.4) is 0 Å². The van der Waals surface area contributed by atoms with Crippen LogP contribution in [0, 0.1) is 6.92 Å². The number of hydrogen-bond donors (Lipinski definition) is 1. The maximum absolute atomic E-state index is 12.6. The van der Waals surface area contributed by atoms with Crippen molar-refractivity contribution in [3.05, 3.63) is 52.0 Å². The highest BCUT2D eigenvalue weighted by molar-refractivity contribution is 5.69. The molecule has 0 spiro atoms. The van der Waals surface area contributed by atoms with E-state index in [0.717, 1.165) is 47.7 Å². The predicted octanol–water partition coefficient (Wildman–Crippen LogP) is 3.84. The molecule has 10 nitrogen and oxygen atoms in total. The van der Waals surface area contributed by atoms with Gasteiger partial charge in [-0.15, -0.1) is 10.2 Å². The second-order valence-corrected chi connectivity index (χ2v) is 10.0. The van der Waals surface area contributed by atoms with Crippen molar-refractivity contribution in [3.63, 3.8) is 0 Å². The molecule has 0 bridgehead atoms. The summed E-state index contributed by atoms with van der Waals surface area (Å²) in [5, 5.41) is 14.4. The lowest BCUT2D eigenvalue weighted by molar-refractivity contribution is 0.0223. The van der Waals surface area contributed by atoms with Crippen molar-refractivity contribution in [2.75, 3.05) is 6.54 Å². The van der Waals surface area contributed by atoms with E-state index in [1.807, 2.05) is 33.8 Å². The number of aryl methyl sites for hydroxylation is 1. The average molecular weight is 467 g/mol. The smallest absolute Gasteiger partial charge is 0.410 e. The van der Waals surface area contributed by atoms with Gasteiger partial charge < -0.3 is 18.8 Å². The Bertz CT molecular complexity index is 1180. The largest absolute Gasteiger partial charge is 0.487 e. The van der Waals surface area contributed by atoms with Crippen molar-refractivity contribution in [3.8, 4) is 5.75 Å². The van der Waals surface area contributed by atoms with E-state index in [9.17, 15) is 4.79 Å². The van der Waals surface area contributed by atoms with Crippen LogP contribution in [0.4, 0.5) is 4.79 Å². The van der Waals surface area contributed by atoms with Crippen LogP contribution in [0.1, 0.15) is 79.4 Å². The van der Waals surface area contributed by atoms with E-state index in [1.165, 1.54) is 5.56 Å². The van der Waals surface area contributed by atoms with Crippen LogP contribution in [0.15, 0.2) is 16.5 Å². The molecule has 1 fully saturated rings. The second-order valence-electron chi connectivity index (χ2n) is 10.0. The Hall–Kier alpha value is -3.43. The average Bonchev–Trinajstić information content (AvgIpc) is 3.38. The molecule has 0 radical (unpaired) electrons. The topological polar surface area (TPSA) is 119 Å². The van der Waals surface area contributed by atoms with Crippen LogP contribution < -0.4 is 4.74 Å². The summed E-state index contributed by atoms with van der Waals surface area (Å²) in [6.45, 7) is 8.92. The van der Waals surface area contributed by atoms with Gasteiger partial charge in [0, 0.05) is 31.0 Å². The molecule has 34 heavy (non-hydrogen) atoms. The molecule has 1 aliphatic heterocycles. The van der Waals surface area contributed by atoms with Crippen molar-refractivity contribution < 1.29 is 18.7 Å². The zero-order chi connectivity index (χ0) is 23.9. The van der Waals surface area contributed by atoms with Gasteiger partial charge in [0.05, 0.1) is 0 Å². The van der Waals surface area contributed by atoms with E-state index < -0.39 is 5.60 Å². The molecule has 1 N–H and O–H groups in total. The molecule has 5 rings (SSSR count). The summed E-state index contributed by atoms with van der Waals surface area (Å²) < 4.78 is 17.7. The molecule has 3 aromatic rings. The Morgan fingerprint density at radius 2 is 2.09 bits per heavy atom. The van der Waals surface area contributed by atoms with Gasteiger partial charge >= 0.3 is 6.09 Å². The first-order chi connectivity index (χ1) is 16.2. The Morgan fingerprint density at radius 1 is 1.26 bits per heavy atom.